The normalized spacial score (nSPS) is 23.6. The number of rotatable bonds is 3. The van der Waals surface area contributed by atoms with E-state index < -0.39 is 12.0 Å². The van der Waals surface area contributed by atoms with Crippen LogP contribution in [0.5, 0.6) is 0 Å². The van der Waals surface area contributed by atoms with Gasteiger partial charge in [0.25, 0.3) is 5.91 Å². The van der Waals surface area contributed by atoms with Gasteiger partial charge in [0.05, 0.1) is 17.9 Å². The van der Waals surface area contributed by atoms with E-state index in [1.165, 1.54) is 29.2 Å². The minimum atomic E-state index is -0.960. The number of carboxylic acids is 1. The molecule has 18 heavy (non-hydrogen) atoms. The number of nitrogens with zero attached hydrogens (tertiary/aromatic N) is 2. The van der Waals surface area contributed by atoms with Gasteiger partial charge in [0.15, 0.2) is 0 Å². The Hall–Kier alpha value is -1.50. The van der Waals surface area contributed by atoms with Gasteiger partial charge in [-0.05, 0) is 5.92 Å². The van der Waals surface area contributed by atoms with E-state index >= 15 is 0 Å². The molecule has 0 aliphatic carbocycles. The number of aromatic amines is 1. The lowest BCUT2D eigenvalue weighted by Gasteiger charge is -2.29. The fraction of sp³-hybridized carbons (Fsp3) is 0.545. The summed E-state index contributed by atoms with van der Waals surface area (Å²) in [7, 11) is 0. The molecule has 1 aromatic heterocycles. The van der Waals surface area contributed by atoms with Crippen LogP contribution >= 0.6 is 11.8 Å². The first-order chi connectivity index (χ1) is 8.52. The van der Waals surface area contributed by atoms with E-state index in [0.717, 1.165) is 0 Å². The van der Waals surface area contributed by atoms with Crippen molar-refractivity contribution >= 4 is 23.6 Å². The zero-order valence-electron chi connectivity index (χ0n) is 10.2. The number of amides is 1. The average Bonchev–Trinajstić information content (AvgIpc) is 2.97. The second kappa shape index (κ2) is 5.01. The number of H-pyrrole nitrogens is 1. The third kappa shape index (κ3) is 2.22. The van der Waals surface area contributed by atoms with Crippen LogP contribution in [0.1, 0.15) is 24.3 Å². The van der Waals surface area contributed by atoms with Gasteiger partial charge < -0.3 is 15.0 Å². The van der Waals surface area contributed by atoms with Crippen LogP contribution in [0.2, 0.25) is 0 Å². The molecular formula is C11H15N3O3S. The number of hydrogen-bond acceptors (Lipinski definition) is 4. The summed E-state index contributed by atoms with van der Waals surface area (Å²) in [4.78, 5) is 31.5. The van der Waals surface area contributed by atoms with E-state index in [1.807, 2.05) is 13.8 Å². The van der Waals surface area contributed by atoms with Crippen LogP contribution in [0.25, 0.3) is 0 Å². The first-order valence-electron chi connectivity index (χ1n) is 5.67. The summed E-state index contributed by atoms with van der Waals surface area (Å²) in [5, 5.41) is 9.09. The summed E-state index contributed by atoms with van der Waals surface area (Å²) < 4.78 is 0. The molecule has 1 fully saturated rings. The minimum absolute atomic E-state index is 0.109. The van der Waals surface area contributed by atoms with Crippen LogP contribution in [0.15, 0.2) is 12.5 Å². The highest BCUT2D eigenvalue weighted by atomic mass is 32.2. The molecule has 6 nitrogen and oxygen atoms in total. The molecule has 2 heterocycles. The van der Waals surface area contributed by atoms with Crippen LogP contribution in [0.3, 0.4) is 0 Å². The number of aliphatic carboxylic acids is 1. The van der Waals surface area contributed by atoms with Crippen molar-refractivity contribution in [3.05, 3.63) is 18.2 Å². The lowest BCUT2D eigenvalue weighted by molar-refractivity contribution is -0.141. The number of hydrogen-bond donors (Lipinski definition) is 2. The summed E-state index contributed by atoms with van der Waals surface area (Å²) >= 11 is 1.51. The van der Waals surface area contributed by atoms with Gasteiger partial charge >= 0.3 is 5.97 Å². The molecular weight excluding hydrogens is 254 g/mol. The molecule has 1 amide bonds. The van der Waals surface area contributed by atoms with Gasteiger partial charge in [-0.3, -0.25) is 4.79 Å². The molecule has 2 rings (SSSR count). The lowest BCUT2D eigenvalue weighted by atomic mass is 10.1. The summed E-state index contributed by atoms with van der Waals surface area (Å²) in [5.41, 5.74) is 0.328. The van der Waals surface area contributed by atoms with Crippen molar-refractivity contribution in [3.63, 3.8) is 0 Å². The maximum Gasteiger partial charge on any atom is 0.327 e. The maximum atomic E-state index is 12.3. The smallest absolute Gasteiger partial charge is 0.327 e. The predicted molar refractivity (Wildman–Crippen MR) is 67.3 cm³/mol. The molecule has 0 bridgehead atoms. The van der Waals surface area contributed by atoms with Crippen molar-refractivity contribution in [1.82, 2.24) is 14.9 Å². The Bertz CT molecular complexity index is 446. The van der Waals surface area contributed by atoms with Crippen LogP contribution in [0, 0.1) is 5.92 Å². The van der Waals surface area contributed by atoms with Crippen molar-refractivity contribution in [3.8, 4) is 0 Å². The van der Waals surface area contributed by atoms with E-state index in [2.05, 4.69) is 9.97 Å². The van der Waals surface area contributed by atoms with Gasteiger partial charge in [-0.25, -0.2) is 9.78 Å². The summed E-state index contributed by atoms with van der Waals surface area (Å²) in [6, 6.07) is -0.766. The Kier molecular flexibility index (Phi) is 3.60. The molecule has 0 radical (unpaired) electrons. The minimum Gasteiger partial charge on any atom is -0.480 e. The van der Waals surface area contributed by atoms with Crippen molar-refractivity contribution in [2.45, 2.75) is 25.3 Å². The molecule has 0 spiro atoms. The van der Waals surface area contributed by atoms with Crippen LogP contribution in [-0.4, -0.2) is 49.0 Å². The molecule has 2 atom stereocenters. The molecule has 2 N–H and O–H groups in total. The lowest BCUT2D eigenvalue weighted by Crippen LogP contribution is -2.47. The second-order valence-electron chi connectivity index (χ2n) is 4.50. The number of carboxylic acid groups (broad SMARTS) is 1. The number of carbonyl (C=O) groups excluding carboxylic acids is 1. The summed E-state index contributed by atoms with van der Waals surface area (Å²) in [6.45, 7) is 3.96. The zero-order valence-corrected chi connectivity index (χ0v) is 11.0. The largest absolute Gasteiger partial charge is 0.480 e. The number of thioether (sulfide) groups is 1. The van der Waals surface area contributed by atoms with Crippen molar-refractivity contribution in [2.75, 3.05) is 5.75 Å². The van der Waals surface area contributed by atoms with Crippen LogP contribution in [0.4, 0.5) is 0 Å². The SMILES string of the molecule is CC(C)C1SCC(C(=O)O)N1C(=O)c1cnc[nH]1. The van der Waals surface area contributed by atoms with E-state index in [9.17, 15) is 14.7 Å². The number of carbonyl (C=O) groups is 2. The van der Waals surface area contributed by atoms with Crippen molar-refractivity contribution in [2.24, 2.45) is 5.92 Å². The maximum absolute atomic E-state index is 12.3. The monoisotopic (exact) mass is 269 g/mol. The first kappa shape index (κ1) is 12.9. The fourth-order valence-corrected chi connectivity index (χ4v) is 3.47. The highest BCUT2D eigenvalue weighted by Crippen LogP contribution is 2.34. The molecule has 1 saturated heterocycles. The highest BCUT2D eigenvalue weighted by Gasteiger charge is 2.43. The van der Waals surface area contributed by atoms with E-state index in [0.29, 0.717) is 11.4 Å². The van der Waals surface area contributed by atoms with Gasteiger partial charge in [0, 0.05) is 5.75 Å². The van der Waals surface area contributed by atoms with Gasteiger partial charge in [-0.15, -0.1) is 11.8 Å². The Morgan fingerprint density at radius 3 is 2.83 bits per heavy atom. The molecule has 1 aliphatic heterocycles. The van der Waals surface area contributed by atoms with Crippen molar-refractivity contribution in [1.29, 1.82) is 0 Å². The molecule has 0 aromatic carbocycles. The number of nitrogens with one attached hydrogen (secondary N) is 1. The topological polar surface area (TPSA) is 86.3 Å². The quantitative estimate of drug-likeness (QED) is 0.856. The van der Waals surface area contributed by atoms with E-state index in [-0.39, 0.29) is 17.2 Å². The highest BCUT2D eigenvalue weighted by molar-refractivity contribution is 8.00. The van der Waals surface area contributed by atoms with E-state index in [4.69, 9.17) is 0 Å². The Morgan fingerprint density at radius 2 is 2.33 bits per heavy atom. The number of aromatic nitrogens is 2. The summed E-state index contributed by atoms with van der Waals surface area (Å²) in [6.07, 6.45) is 2.83. The number of imidazole rings is 1. The van der Waals surface area contributed by atoms with Gasteiger partial charge in [-0.2, -0.15) is 0 Å². The molecule has 1 aliphatic rings. The average molecular weight is 269 g/mol. The Balaban J connectivity index is 2.29. The molecule has 7 heteroatoms. The van der Waals surface area contributed by atoms with E-state index in [1.54, 1.807) is 0 Å². The first-order valence-corrected chi connectivity index (χ1v) is 6.72. The third-order valence-corrected chi connectivity index (χ3v) is 4.47. The molecule has 2 unspecified atom stereocenters. The fourth-order valence-electron chi connectivity index (χ4n) is 2.00. The standard InChI is InChI=1S/C11H15N3O3S/c1-6(2)10-14(8(4-18-10)11(16)17)9(15)7-3-12-5-13-7/h3,5-6,8,10H,4H2,1-2H3,(H,12,13)(H,16,17). The summed E-state index contributed by atoms with van der Waals surface area (Å²) in [5.74, 6) is -0.633. The Morgan fingerprint density at radius 1 is 1.61 bits per heavy atom. The van der Waals surface area contributed by atoms with Crippen LogP contribution < -0.4 is 0 Å². The van der Waals surface area contributed by atoms with Crippen LogP contribution in [-0.2, 0) is 4.79 Å². The molecule has 0 saturated carbocycles. The Labute approximate surface area is 109 Å². The molecule has 1 aromatic rings. The molecule has 98 valence electrons. The van der Waals surface area contributed by atoms with Gasteiger partial charge in [0.1, 0.15) is 11.7 Å². The third-order valence-electron chi connectivity index (χ3n) is 2.85. The zero-order chi connectivity index (χ0) is 13.3. The van der Waals surface area contributed by atoms with Gasteiger partial charge in [0.2, 0.25) is 0 Å². The second-order valence-corrected chi connectivity index (χ2v) is 5.65. The predicted octanol–water partition coefficient (Wildman–Crippen LogP) is 1.03. The van der Waals surface area contributed by atoms with Gasteiger partial charge in [-0.1, -0.05) is 13.8 Å². The van der Waals surface area contributed by atoms with Crippen molar-refractivity contribution < 1.29 is 14.7 Å².